The van der Waals surface area contributed by atoms with Gasteiger partial charge < -0.3 is 25.3 Å². The number of nitrogens with zero attached hydrogens (tertiary/aromatic N) is 6. The van der Waals surface area contributed by atoms with Gasteiger partial charge in [0.05, 0.1) is 25.3 Å². The maximum Gasteiger partial charge on any atom is 0.332 e. The van der Waals surface area contributed by atoms with Crippen LogP contribution in [0.2, 0.25) is 10.0 Å². The monoisotopic (exact) mass is 839 g/mol. The third kappa shape index (κ3) is 12.6. The first-order chi connectivity index (χ1) is 25.1. The van der Waals surface area contributed by atoms with Crippen molar-refractivity contribution in [2.75, 3.05) is 97.0 Å². The van der Waals surface area contributed by atoms with Crippen molar-refractivity contribution >= 4 is 74.6 Å². The number of halogens is 3. The summed E-state index contributed by atoms with van der Waals surface area (Å²) < 4.78 is 0.899. The maximum absolute atomic E-state index is 14.0. The second kappa shape index (κ2) is 19.9. The number of amides is 4. The molecule has 2 fully saturated rings. The number of hydrogen-bond acceptors (Lipinski definition) is 9. The Hall–Kier alpha value is -3.31. The van der Waals surface area contributed by atoms with Crippen LogP contribution >= 0.6 is 39.1 Å². The smallest absolute Gasteiger partial charge is 0.332 e. The number of unbranched alkanes of at least 4 members (excludes halogenated alkanes) is 1. The highest BCUT2D eigenvalue weighted by Gasteiger charge is 2.54. The largest absolute Gasteiger partial charge is 0.480 e. The zero-order valence-corrected chi connectivity index (χ0v) is 33.2. The summed E-state index contributed by atoms with van der Waals surface area (Å²) in [4.78, 5) is 74.3. The van der Waals surface area contributed by atoms with Crippen LogP contribution in [0.4, 0.5) is 10.5 Å². The van der Waals surface area contributed by atoms with Crippen molar-refractivity contribution in [3.05, 3.63) is 62.5 Å². The van der Waals surface area contributed by atoms with Crippen molar-refractivity contribution in [1.82, 2.24) is 29.8 Å². The summed E-state index contributed by atoms with van der Waals surface area (Å²) in [6, 6.07) is 11.8. The number of nitrogens with one attached hydrogen (secondary N) is 1. The first-order valence-electron chi connectivity index (χ1n) is 17.6. The number of urea groups is 1. The standard InChI is InChI=1S/C36H48BrCl2N7O7/c1-36(22-26-5-7-27(37)8-6-26)34(52)46(30-20-28(38)19-29(39)21-30)35(53)45(36)10-4-3-9-40-31(47)23-42-13-11-41(2)12-14-43(24-32(48)49)17-18-44(16-15-42)25-33(50)51/h5-8,19-21H,3-4,9-18,22-25H2,1-2H3,(H,40,47)(H,48,49)(H,50,51)/t36-/m0/s1. The SMILES string of the molecule is CN1CCN(CC(=O)O)CCN(CC(=O)O)CCN(CC(=O)NCCCCN2C(=O)N(c3cc(Cl)cc(Cl)c3)C(=O)[C@]2(C)Cc2ccc(Br)cc2)CC1. The summed E-state index contributed by atoms with van der Waals surface area (Å²) >= 11 is 15.9. The number of imide groups is 1. The molecule has 0 spiro atoms. The van der Waals surface area contributed by atoms with Crippen LogP contribution in [0.3, 0.4) is 0 Å². The fourth-order valence-corrected chi connectivity index (χ4v) is 7.34. The van der Waals surface area contributed by atoms with E-state index in [2.05, 4.69) is 26.1 Å². The van der Waals surface area contributed by atoms with Crippen molar-refractivity contribution in [2.24, 2.45) is 0 Å². The van der Waals surface area contributed by atoms with Gasteiger partial charge in [0.1, 0.15) is 5.54 Å². The number of likely N-dealkylation sites (N-methyl/N-ethyl adjacent to an activating group) is 1. The van der Waals surface area contributed by atoms with Crippen molar-refractivity contribution in [3.8, 4) is 0 Å². The van der Waals surface area contributed by atoms with Gasteiger partial charge in [-0.25, -0.2) is 9.69 Å². The summed E-state index contributed by atoms with van der Waals surface area (Å²) in [6.45, 7) is 6.29. The molecule has 2 aliphatic heterocycles. The Kier molecular flexibility index (Phi) is 15.9. The minimum absolute atomic E-state index is 0.115. The lowest BCUT2D eigenvalue weighted by molar-refractivity contribution is -0.140. The first kappa shape index (κ1) is 42.4. The summed E-state index contributed by atoms with van der Waals surface area (Å²) in [5.74, 6) is -2.45. The number of carboxylic acids is 2. The molecule has 3 N–H and O–H groups in total. The van der Waals surface area contributed by atoms with E-state index < -0.39 is 23.5 Å². The van der Waals surface area contributed by atoms with Gasteiger partial charge in [-0.2, -0.15) is 0 Å². The van der Waals surface area contributed by atoms with Gasteiger partial charge in [-0.3, -0.25) is 33.9 Å². The fourth-order valence-electron chi connectivity index (χ4n) is 6.56. The van der Waals surface area contributed by atoms with E-state index in [0.717, 1.165) is 14.9 Å². The lowest BCUT2D eigenvalue weighted by Crippen LogP contribution is -2.49. The van der Waals surface area contributed by atoms with Crippen LogP contribution in [0.5, 0.6) is 0 Å². The molecule has 2 heterocycles. The van der Waals surface area contributed by atoms with E-state index in [4.69, 9.17) is 23.2 Å². The van der Waals surface area contributed by atoms with E-state index in [-0.39, 0.29) is 38.0 Å². The van der Waals surface area contributed by atoms with Gasteiger partial charge in [-0.05, 0) is 62.7 Å². The summed E-state index contributed by atoms with van der Waals surface area (Å²) in [6.07, 6.45) is 1.38. The zero-order valence-electron chi connectivity index (χ0n) is 30.1. The molecule has 2 aliphatic rings. The molecule has 4 amide bonds. The average molecular weight is 842 g/mol. The molecule has 53 heavy (non-hydrogen) atoms. The van der Waals surface area contributed by atoms with E-state index in [9.17, 15) is 34.2 Å². The molecule has 0 saturated carbocycles. The Morgan fingerprint density at radius 3 is 1.83 bits per heavy atom. The van der Waals surface area contributed by atoms with Crippen LogP contribution in [0.15, 0.2) is 46.9 Å². The van der Waals surface area contributed by atoms with Gasteiger partial charge in [-0.15, -0.1) is 0 Å². The van der Waals surface area contributed by atoms with Gasteiger partial charge in [0.15, 0.2) is 0 Å². The van der Waals surface area contributed by atoms with Gasteiger partial charge in [0.2, 0.25) is 5.91 Å². The Balaban J connectivity index is 1.35. The van der Waals surface area contributed by atoms with E-state index >= 15 is 0 Å². The molecule has 14 nitrogen and oxygen atoms in total. The third-order valence-electron chi connectivity index (χ3n) is 9.53. The minimum atomic E-state index is -1.18. The van der Waals surface area contributed by atoms with Crippen LogP contribution < -0.4 is 10.2 Å². The van der Waals surface area contributed by atoms with Gasteiger partial charge >= 0.3 is 18.0 Å². The maximum atomic E-state index is 14.0. The number of carbonyl (C=O) groups excluding carboxylic acids is 3. The lowest BCUT2D eigenvalue weighted by Gasteiger charge is -2.32. The summed E-state index contributed by atoms with van der Waals surface area (Å²) in [5.41, 5.74) is 0.00728. The Labute approximate surface area is 328 Å². The highest BCUT2D eigenvalue weighted by Crippen LogP contribution is 2.37. The molecule has 290 valence electrons. The summed E-state index contributed by atoms with van der Waals surface area (Å²) in [5, 5.41) is 22.3. The molecule has 0 unspecified atom stereocenters. The van der Waals surface area contributed by atoms with Gasteiger partial charge in [-0.1, -0.05) is 51.3 Å². The van der Waals surface area contributed by atoms with Crippen LogP contribution in [0, 0.1) is 0 Å². The van der Waals surface area contributed by atoms with E-state index in [0.29, 0.717) is 93.9 Å². The molecule has 2 aromatic carbocycles. The Morgan fingerprint density at radius 2 is 1.30 bits per heavy atom. The van der Waals surface area contributed by atoms with Crippen LogP contribution in [0.25, 0.3) is 0 Å². The number of anilines is 1. The van der Waals surface area contributed by atoms with Crippen LogP contribution in [0.1, 0.15) is 25.3 Å². The Bertz CT molecular complexity index is 1600. The number of carbonyl (C=O) groups is 5. The molecule has 17 heteroatoms. The second-order valence-electron chi connectivity index (χ2n) is 13.8. The molecule has 0 radical (unpaired) electrons. The minimum Gasteiger partial charge on any atom is -0.480 e. The molecule has 0 bridgehead atoms. The molecule has 0 aliphatic carbocycles. The highest BCUT2D eigenvalue weighted by molar-refractivity contribution is 9.10. The van der Waals surface area contributed by atoms with Crippen LogP contribution in [-0.4, -0.2) is 162 Å². The van der Waals surface area contributed by atoms with E-state index in [1.807, 2.05) is 41.1 Å². The van der Waals surface area contributed by atoms with Crippen molar-refractivity contribution in [2.45, 2.75) is 31.7 Å². The molecule has 2 aromatic rings. The first-order valence-corrected chi connectivity index (χ1v) is 19.1. The molecular weight excluding hydrogens is 793 g/mol. The van der Waals surface area contributed by atoms with E-state index in [1.165, 1.54) is 18.2 Å². The highest BCUT2D eigenvalue weighted by atomic mass is 79.9. The topological polar surface area (TPSA) is 157 Å². The van der Waals surface area contributed by atoms with Crippen LogP contribution in [-0.2, 0) is 25.6 Å². The van der Waals surface area contributed by atoms with Crippen molar-refractivity contribution < 1.29 is 34.2 Å². The zero-order chi connectivity index (χ0) is 38.7. The van der Waals surface area contributed by atoms with Crippen molar-refractivity contribution in [3.63, 3.8) is 0 Å². The van der Waals surface area contributed by atoms with Gasteiger partial charge in [0.25, 0.3) is 5.91 Å². The van der Waals surface area contributed by atoms with E-state index in [1.54, 1.807) is 16.7 Å². The quantitative estimate of drug-likeness (QED) is 0.189. The van der Waals surface area contributed by atoms with Gasteiger partial charge in [0, 0.05) is 86.4 Å². The molecule has 0 aromatic heterocycles. The lowest BCUT2D eigenvalue weighted by atomic mass is 9.91. The fraction of sp³-hybridized carbons (Fsp3) is 0.528. The molecular formula is C36H48BrCl2N7O7. The number of benzene rings is 2. The predicted octanol–water partition coefficient (Wildman–Crippen LogP) is 3.44. The second-order valence-corrected chi connectivity index (χ2v) is 15.5. The number of aliphatic carboxylic acids is 2. The number of carboxylic acid groups (broad SMARTS) is 2. The van der Waals surface area contributed by atoms with Crippen molar-refractivity contribution in [1.29, 1.82) is 0 Å². The normalized spacial score (nSPS) is 20.3. The molecule has 1 atom stereocenters. The predicted molar refractivity (Wildman–Crippen MR) is 207 cm³/mol. The Morgan fingerprint density at radius 1 is 0.792 bits per heavy atom. The number of rotatable bonds is 14. The molecule has 2 saturated heterocycles. The molecule has 4 rings (SSSR count). The average Bonchev–Trinajstić information content (AvgIpc) is 3.25. The summed E-state index contributed by atoms with van der Waals surface area (Å²) in [7, 11) is 1.95. The third-order valence-corrected chi connectivity index (χ3v) is 10.5. The number of hydrogen-bond donors (Lipinski definition) is 3.